The lowest BCUT2D eigenvalue weighted by Crippen LogP contribution is -2.68. The predicted octanol–water partition coefficient (Wildman–Crippen LogP) is 4.09. The van der Waals surface area contributed by atoms with E-state index in [2.05, 4.69) is 17.2 Å². The number of allylic oxidation sites excluding steroid dienone is 2. The molecule has 5 heteroatoms. The Balaban J connectivity index is 1.53. The summed E-state index contributed by atoms with van der Waals surface area (Å²) in [7, 11) is 0. The molecule has 2 aromatic carbocycles. The van der Waals surface area contributed by atoms with Crippen LogP contribution in [0.25, 0.3) is 5.57 Å². The van der Waals surface area contributed by atoms with Gasteiger partial charge in [-0.1, -0.05) is 55.1 Å². The van der Waals surface area contributed by atoms with Crippen LogP contribution in [0.3, 0.4) is 0 Å². The second kappa shape index (κ2) is 7.50. The predicted molar refractivity (Wildman–Crippen MR) is 109 cm³/mol. The van der Waals surface area contributed by atoms with Gasteiger partial charge in [0.25, 0.3) is 5.91 Å². The summed E-state index contributed by atoms with van der Waals surface area (Å²) >= 11 is 0. The molecule has 3 aliphatic rings. The number of nitrogens with one attached hydrogen (secondary N) is 3. The van der Waals surface area contributed by atoms with Crippen molar-refractivity contribution < 1.29 is 9.28 Å². The molecule has 0 saturated heterocycles. The molecule has 1 amide bonds. The quantitative estimate of drug-likeness (QED) is 0.480. The van der Waals surface area contributed by atoms with E-state index in [0.717, 1.165) is 36.3 Å². The zero-order valence-corrected chi connectivity index (χ0v) is 15.7. The van der Waals surface area contributed by atoms with Crippen molar-refractivity contribution in [2.24, 2.45) is 5.92 Å². The molecule has 0 aliphatic heterocycles. The van der Waals surface area contributed by atoms with Crippen molar-refractivity contribution in [1.29, 1.82) is 0 Å². The summed E-state index contributed by atoms with van der Waals surface area (Å²) in [6.45, 7) is 4.29. The standard InChI is InChI=1S/C23H24FN3O/c1-2-20(21(27-24)25-15-16-7-4-3-5-8-16)18-9-6-10-19(11-18)22(28)26-23-12-17(13-23)14-23/h2-11,17,25,27H,1,12-15H2,(H,26,28)/b21-20+. The van der Waals surface area contributed by atoms with Crippen LogP contribution in [0.1, 0.15) is 40.7 Å². The van der Waals surface area contributed by atoms with Crippen LogP contribution in [0, 0.1) is 5.92 Å². The first kappa shape index (κ1) is 18.3. The number of benzene rings is 2. The summed E-state index contributed by atoms with van der Waals surface area (Å²) in [5.41, 5.74) is 4.65. The Morgan fingerprint density at radius 2 is 1.82 bits per heavy atom. The second-order valence-corrected chi connectivity index (χ2v) is 7.72. The number of amides is 1. The number of hydrogen-bond acceptors (Lipinski definition) is 3. The molecule has 0 atom stereocenters. The molecule has 2 aromatic rings. The summed E-state index contributed by atoms with van der Waals surface area (Å²) in [5.74, 6) is 0.946. The Labute approximate surface area is 164 Å². The van der Waals surface area contributed by atoms with Gasteiger partial charge in [0.2, 0.25) is 0 Å². The maximum atomic E-state index is 13.5. The molecule has 0 spiro atoms. The van der Waals surface area contributed by atoms with Crippen molar-refractivity contribution in [3.63, 3.8) is 0 Å². The maximum absolute atomic E-state index is 13.5. The van der Waals surface area contributed by atoms with E-state index < -0.39 is 0 Å². The third-order valence-electron chi connectivity index (χ3n) is 5.73. The van der Waals surface area contributed by atoms with Crippen LogP contribution in [0.2, 0.25) is 0 Å². The zero-order valence-electron chi connectivity index (χ0n) is 15.7. The number of carbonyl (C=O) groups is 1. The van der Waals surface area contributed by atoms with Crippen LogP contribution in [0.5, 0.6) is 0 Å². The van der Waals surface area contributed by atoms with Crippen LogP contribution < -0.4 is 16.2 Å². The Morgan fingerprint density at radius 1 is 1.11 bits per heavy atom. The Hall–Kier alpha value is -3.08. The lowest BCUT2D eigenvalue weighted by atomic mass is 9.50. The van der Waals surface area contributed by atoms with Gasteiger partial charge in [-0.2, -0.15) is 0 Å². The third kappa shape index (κ3) is 3.52. The van der Waals surface area contributed by atoms with Gasteiger partial charge in [-0.25, -0.2) is 5.54 Å². The van der Waals surface area contributed by atoms with E-state index in [0.29, 0.717) is 17.7 Å². The van der Waals surface area contributed by atoms with Crippen LogP contribution in [0.4, 0.5) is 4.48 Å². The summed E-state index contributed by atoms with van der Waals surface area (Å²) in [5, 5.41) is 6.23. The molecule has 0 unspecified atom stereocenters. The normalized spacial score (nSPS) is 22.8. The minimum Gasteiger partial charge on any atom is -0.365 e. The van der Waals surface area contributed by atoms with Gasteiger partial charge in [0, 0.05) is 23.2 Å². The Kier molecular flexibility index (Phi) is 4.90. The van der Waals surface area contributed by atoms with Crippen molar-refractivity contribution in [2.45, 2.75) is 31.3 Å². The van der Waals surface area contributed by atoms with E-state index in [1.165, 1.54) is 0 Å². The number of hydrogen-bond donors (Lipinski definition) is 3. The molecule has 4 nitrogen and oxygen atoms in total. The van der Waals surface area contributed by atoms with E-state index in [1.807, 2.05) is 42.5 Å². The van der Waals surface area contributed by atoms with Crippen LogP contribution in [0.15, 0.2) is 73.1 Å². The van der Waals surface area contributed by atoms with E-state index in [4.69, 9.17) is 0 Å². The fourth-order valence-electron chi connectivity index (χ4n) is 4.10. The van der Waals surface area contributed by atoms with Gasteiger partial charge in [0.1, 0.15) is 5.82 Å². The molecule has 28 heavy (non-hydrogen) atoms. The molecular formula is C23H24FN3O. The van der Waals surface area contributed by atoms with E-state index in [9.17, 15) is 9.28 Å². The van der Waals surface area contributed by atoms with E-state index in [1.54, 1.807) is 23.7 Å². The molecular weight excluding hydrogens is 353 g/mol. The monoisotopic (exact) mass is 377 g/mol. The Bertz CT molecular complexity index is 905. The lowest BCUT2D eigenvalue weighted by Gasteiger charge is -2.61. The van der Waals surface area contributed by atoms with Gasteiger partial charge in [-0.05, 0) is 48.4 Å². The van der Waals surface area contributed by atoms with Crippen LogP contribution >= 0.6 is 0 Å². The van der Waals surface area contributed by atoms with E-state index in [-0.39, 0.29) is 17.3 Å². The van der Waals surface area contributed by atoms with Gasteiger partial charge in [-0.15, -0.1) is 4.48 Å². The van der Waals surface area contributed by atoms with Gasteiger partial charge in [0.05, 0.1) is 0 Å². The molecule has 5 rings (SSSR count). The highest BCUT2D eigenvalue weighted by Crippen LogP contribution is 2.56. The summed E-state index contributed by atoms with van der Waals surface area (Å²) in [6.07, 6.45) is 4.86. The first-order valence-corrected chi connectivity index (χ1v) is 9.56. The summed E-state index contributed by atoms with van der Waals surface area (Å²) in [6, 6.07) is 17.0. The highest BCUT2D eigenvalue weighted by Gasteiger charge is 2.57. The number of rotatable bonds is 8. The topological polar surface area (TPSA) is 53.2 Å². The second-order valence-electron chi connectivity index (χ2n) is 7.72. The molecule has 0 radical (unpaired) electrons. The largest absolute Gasteiger partial charge is 0.365 e. The molecule has 144 valence electrons. The van der Waals surface area contributed by atoms with Crippen LogP contribution in [-0.4, -0.2) is 11.4 Å². The van der Waals surface area contributed by atoms with Crippen molar-refractivity contribution in [1.82, 2.24) is 16.2 Å². The zero-order chi connectivity index (χ0) is 19.6. The third-order valence-corrected chi connectivity index (χ3v) is 5.73. The SMILES string of the molecule is C=C/C(=C(\NF)NCc1ccccc1)c1cccc(C(=O)NC23CC(C2)C3)c1. The van der Waals surface area contributed by atoms with Crippen molar-refractivity contribution in [3.8, 4) is 0 Å². The van der Waals surface area contributed by atoms with Crippen LogP contribution in [-0.2, 0) is 6.54 Å². The molecule has 3 N–H and O–H groups in total. The van der Waals surface area contributed by atoms with Gasteiger partial charge in [0.15, 0.2) is 0 Å². The highest BCUT2D eigenvalue weighted by molar-refractivity contribution is 5.96. The number of halogens is 1. The maximum Gasteiger partial charge on any atom is 0.251 e. The average molecular weight is 377 g/mol. The molecule has 2 bridgehead atoms. The minimum atomic E-state index is -0.0737. The van der Waals surface area contributed by atoms with Crippen molar-refractivity contribution >= 4 is 11.5 Å². The van der Waals surface area contributed by atoms with Crippen molar-refractivity contribution in [3.05, 3.63) is 89.8 Å². The first-order chi connectivity index (χ1) is 13.6. The molecule has 0 aromatic heterocycles. The molecule has 3 aliphatic carbocycles. The lowest BCUT2D eigenvalue weighted by molar-refractivity contribution is -0.0438. The molecule has 0 heterocycles. The van der Waals surface area contributed by atoms with Crippen molar-refractivity contribution in [2.75, 3.05) is 0 Å². The average Bonchev–Trinajstić information content (AvgIpc) is 2.67. The Morgan fingerprint density at radius 3 is 2.43 bits per heavy atom. The van der Waals surface area contributed by atoms with Gasteiger partial charge >= 0.3 is 0 Å². The van der Waals surface area contributed by atoms with Gasteiger partial charge < -0.3 is 10.6 Å². The molecule has 3 fully saturated rings. The fraction of sp³-hybridized carbons (Fsp3) is 0.261. The first-order valence-electron chi connectivity index (χ1n) is 9.56. The fourth-order valence-corrected chi connectivity index (χ4v) is 4.10. The summed E-state index contributed by atoms with van der Waals surface area (Å²) < 4.78 is 13.5. The summed E-state index contributed by atoms with van der Waals surface area (Å²) in [4.78, 5) is 12.6. The minimum absolute atomic E-state index is 0.0256. The number of carbonyl (C=O) groups excluding carboxylic acids is 1. The van der Waals surface area contributed by atoms with Gasteiger partial charge in [-0.3, -0.25) is 4.79 Å². The highest BCUT2D eigenvalue weighted by atomic mass is 19.2. The van der Waals surface area contributed by atoms with E-state index >= 15 is 0 Å². The molecule has 3 saturated carbocycles. The smallest absolute Gasteiger partial charge is 0.251 e.